The second kappa shape index (κ2) is 15.1. The zero-order chi connectivity index (χ0) is 31.8. The molecule has 0 saturated carbocycles. The van der Waals surface area contributed by atoms with Crippen molar-refractivity contribution < 1.29 is 54.0 Å². The van der Waals surface area contributed by atoms with E-state index in [1.54, 1.807) is 0 Å². The molecule has 17 nitrogen and oxygen atoms in total. The molecule has 3 saturated heterocycles. The maximum atomic E-state index is 13.4. The lowest BCUT2D eigenvalue weighted by Gasteiger charge is -2.33. The summed E-state index contributed by atoms with van der Waals surface area (Å²) in [4.78, 5) is 91.2. The van der Waals surface area contributed by atoms with Crippen LogP contribution in [-0.2, 0) is 33.6 Å². The molecule has 0 unspecified atom stereocenters. The molecule has 0 bridgehead atoms. The molecule has 5 amide bonds. The number of hydrogen-bond acceptors (Lipinski definition) is 10. The van der Waals surface area contributed by atoms with Crippen LogP contribution in [0.2, 0.25) is 0 Å². The van der Waals surface area contributed by atoms with Gasteiger partial charge in [-0.3, -0.25) is 28.8 Å². The van der Waals surface area contributed by atoms with Crippen LogP contribution in [0.25, 0.3) is 0 Å². The van der Waals surface area contributed by atoms with Crippen molar-refractivity contribution in [1.29, 1.82) is 0 Å². The van der Waals surface area contributed by atoms with E-state index in [4.69, 9.17) is 10.8 Å². The van der Waals surface area contributed by atoms with E-state index in [1.807, 2.05) is 0 Å². The summed E-state index contributed by atoms with van der Waals surface area (Å²) in [6, 6.07) is -7.13. The molecular formula is C26H40N6O11. The normalized spacial score (nSPS) is 23.9. The lowest BCUT2D eigenvalue weighted by molar-refractivity contribution is -0.152. The van der Waals surface area contributed by atoms with Gasteiger partial charge in [0.15, 0.2) is 0 Å². The van der Waals surface area contributed by atoms with Crippen LogP contribution in [0, 0.1) is 0 Å². The number of nitrogens with one attached hydrogen (secondary N) is 2. The molecule has 0 aromatic heterocycles. The van der Waals surface area contributed by atoms with Gasteiger partial charge in [-0.15, -0.1) is 0 Å². The van der Waals surface area contributed by atoms with E-state index in [0.717, 1.165) is 4.90 Å². The number of aliphatic hydroxyl groups excluding tert-OH is 2. The number of nitrogens with zero attached hydrogens (tertiary/aromatic N) is 3. The van der Waals surface area contributed by atoms with Crippen LogP contribution >= 0.6 is 0 Å². The van der Waals surface area contributed by atoms with E-state index in [2.05, 4.69) is 10.6 Å². The number of carboxylic acids is 2. The summed E-state index contributed by atoms with van der Waals surface area (Å²) < 4.78 is 0. The number of aliphatic hydroxyl groups is 2. The minimum absolute atomic E-state index is 0.107. The zero-order valence-electron chi connectivity index (χ0n) is 23.7. The molecule has 6 atom stereocenters. The number of carbonyl (C=O) groups is 7. The number of aliphatic carboxylic acids is 2. The highest BCUT2D eigenvalue weighted by Crippen LogP contribution is 2.26. The van der Waals surface area contributed by atoms with Crippen LogP contribution in [0.4, 0.5) is 0 Å². The van der Waals surface area contributed by atoms with Crippen molar-refractivity contribution in [1.82, 2.24) is 25.3 Å². The van der Waals surface area contributed by atoms with Gasteiger partial charge in [-0.2, -0.15) is 0 Å². The van der Waals surface area contributed by atoms with Gasteiger partial charge in [-0.1, -0.05) is 0 Å². The standard InChI is InChI=1S/C26H40N6O11/c27-14(7-8-20(35)36)21(37)28-15(12-33)23(39)30-9-1-4-17(30)22(38)29-16(13-34)24(40)31-10-2-5-18(31)25(41)32-11-3-6-19(32)26(42)43/h14-19,33-34H,1-13,27H2,(H,28,37)(H,29,38)(H,35,36)(H,42,43)/t14-,15-,16-,17-,18-,19-/m0/s1. The van der Waals surface area contributed by atoms with E-state index in [9.17, 15) is 48.9 Å². The molecule has 3 rings (SSSR count). The quantitative estimate of drug-likeness (QED) is 0.106. The first kappa shape index (κ1) is 33.7. The Bertz CT molecular complexity index is 1100. The minimum Gasteiger partial charge on any atom is -0.481 e. The van der Waals surface area contributed by atoms with Crippen LogP contribution in [0.3, 0.4) is 0 Å². The molecule has 0 aromatic rings. The first-order valence-corrected chi connectivity index (χ1v) is 14.3. The summed E-state index contributed by atoms with van der Waals surface area (Å²) in [6.07, 6.45) is 1.64. The van der Waals surface area contributed by atoms with Gasteiger partial charge in [-0.05, 0) is 44.9 Å². The Labute approximate surface area is 247 Å². The molecule has 43 heavy (non-hydrogen) atoms. The van der Waals surface area contributed by atoms with Crippen molar-refractivity contribution >= 4 is 41.5 Å². The maximum absolute atomic E-state index is 13.4. The Morgan fingerprint density at radius 3 is 1.74 bits per heavy atom. The summed E-state index contributed by atoms with van der Waals surface area (Å²) >= 11 is 0. The van der Waals surface area contributed by atoms with Gasteiger partial charge in [0.05, 0.1) is 19.3 Å². The van der Waals surface area contributed by atoms with E-state index >= 15 is 0 Å². The number of amides is 5. The van der Waals surface area contributed by atoms with Gasteiger partial charge < -0.3 is 51.5 Å². The zero-order valence-corrected chi connectivity index (χ0v) is 23.7. The smallest absolute Gasteiger partial charge is 0.326 e. The summed E-state index contributed by atoms with van der Waals surface area (Å²) in [7, 11) is 0. The lowest BCUT2D eigenvalue weighted by atomic mass is 10.1. The monoisotopic (exact) mass is 612 g/mol. The topological polar surface area (TPSA) is 260 Å². The number of carboxylic acid groups (broad SMARTS) is 2. The molecule has 17 heteroatoms. The van der Waals surface area contributed by atoms with Gasteiger partial charge in [0, 0.05) is 26.1 Å². The van der Waals surface area contributed by atoms with Crippen molar-refractivity contribution in [2.75, 3.05) is 32.8 Å². The number of nitrogens with two attached hydrogens (primary N) is 1. The van der Waals surface area contributed by atoms with E-state index in [-0.39, 0.29) is 38.9 Å². The van der Waals surface area contributed by atoms with Gasteiger partial charge in [0.2, 0.25) is 29.5 Å². The first-order chi connectivity index (χ1) is 20.4. The fourth-order valence-electron chi connectivity index (χ4n) is 5.80. The second-order valence-electron chi connectivity index (χ2n) is 10.9. The molecule has 3 heterocycles. The van der Waals surface area contributed by atoms with Gasteiger partial charge >= 0.3 is 11.9 Å². The molecule has 3 aliphatic heterocycles. The highest BCUT2D eigenvalue weighted by Gasteiger charge is 2.44. The average Bonchev–Trinajstić information content (AvgIpc) is 3.76. The van der Waals surface area contributed by atoms with E-state index in [1.165, 1.54) is 9.80 Å². The van der Waals surface area contributed by atoms with Crippen molar-refractivity contribution in [3.05, 3.63) is 0 Å². The molecule has 0 radical (unpaired) electrons. The lowest BCUT2D eigenvalue weighted by Crippen LogP contribution is -2.60. The van der Waals surface area contributed by atoms with Gasteiger partial charge in [0.25, 0.3) is 0 Å². The second-order valence-corrected chi connectivity index (χ2v) is 10.9. The number of rotatable bonds is 13. The predicted molar refractivity (Wildman–Crippen MR) is 145 cm³/mol. The molecule has 0 spiro atoms. The van der Waals surface area contributed by atoms with Crippen LogP contribution < -0.4 is 16.4 Å². The highest BCUT2D eigenvalue weighted by atomic mass is 16.4. The Balaban J connectivity index is 1.64. The van der Waals surface area contributed by atoms with Crippen molar-refractivity contribution in [3.63, 3.8) is 0 Å². The third kappa shape index (κ3) is 7.97. The van der Waals surface area contributed by atoms with Crippen LogP contribution in [0.5, 0.6) is 0 Å². The number of carbonyl (C=O) groups excluding carboxylic acids is 5. The summed E-state index contributed by atoms with van der Waals surface area (Å²) in [6.45, 7) is -1.08. The molecule has 0 aliphatic carbocycles. The third-order valence-corrected chi connectivity index (χ3v) is 8.08. The van der Waals surface area contributed by atoms with Crippen LogP contribution in [-0.4, -0.2) is 146 Å². The minimum atomic E-state index is -1.45. The maximum Gasteiger partial charge on any atom is 0.326 e. The molecule has 0 aromatic carbocycles. The fraction of sp³-hybridized carbons (Fsp3) is 0.731. The largest absolute Gasteiger partial charge is 0.481 e. The number of likely N-dealkylation sites (tertiary alicyclic amines) is 3. The van der Waals surface area contributed by atoms with Crippen molar-refractivity contribution in [3.8, 4) is 0 Å². The summed E-state index contributed by atoms with van der Waals surface area (Å²) in [5.74, 6) is -5.88. The van der Waals surface area contributed by atoms with Crippen LogP contribution in [0.15, 0.2) is 0 Å². The van der Waals surface area contributed by atoms with Gasteiger partial charge in [0.1, 0.15) is 30.2 Å². The summed E-state index contributed by atoms with van der Waals surface area (Å²) in [5.41, 5.74) is 5.68. The molecule has 8 N–H and O–H groups in total. The molecule has 240 valence electrons. The van der Waals surface area contributed by atoms with Crippen molar-refractivity contribution in [2.24, 2.45) is 5.73 Å². The molecule has 3 fully saturated rings. The number of hydrogen-bond donors (Lipinski definition) is 7. The Kier molecular flexibility index (Phi) is 11.8. The van der Waals surface area contributed by atoms with E-state index < -0.39 is 90.9 Å². The van der Waals surface area contributed by atoms with Crippen LogP contribution in [0.1, 0.15) is 51.4 Å². The van der Waals surface area contributed by atoms with E-state index in [0.29, 0.717) is 32.1 Å². The first-order valence-electron chi connectivity index (χ1n) is 14.3. The Morgan fingerprint density at radius 1 is 0.721 bits per heavy atom. The SMILES string of the molecule is N[C@@H](CCC(=O)O)C(=O)N[C@@H](CO)C(=O)N1CCC[C@H]1C(=O)N[C@@H](CO)C(=O)N1CCC[C@H]1C(=O)N1CCC[C@H]1C(=O)O. The predicted octanol–water partition coefficient (Wildman–Crippen LogP) is -3.81. The third-order valence-electron chi connectivity index (χ3n) is 8.08. The Hall–Kier alpha value is -3.83. The highest BCUT2D eigenvalue weighted by molar-refractivity contribution is 5.97. The summed E-state index contributed by atoms with van der Waals surface area (Å²) in [5, 5.41) is 42.7. The Morgan fingerprint density at radius 2 is 1.21 bits per heavy atom. The van der Waals surface area contributed by atoms with Gasteiger partial charge in [-0.25, -0.2) is 4.79 Å². The fourth-order valence-corrected chi connectivity index (χ4v) is 5.80. The van der Waals surface area contributed by atoms with Crippen molar-refractivity contribution in [2.45, 2.75) is 87.6 Å². The molecular weight excluding hydrogens is 572 g/mol. The molecule has 3 aliphatic rings. The average molecular weight is 613 g/mol.